The number of rotatable bonds is 3. The maximum atomic E-state index is 11.2. The molecule has 1 heterocycles. The molecule has 0 atom stereocenters. The van der Waals surface area contributed by atoms with Crippen molar-refractivity contribution in [2.45, 2.75) is 0 Å². The average Bonchev–Trinajstić information content (AvgIpc) is 2.54. The van der Waals surface area contributed by atoms with E-state index in [-0.39, 0.29) is 11.5 Å². The van der Waals surface area contributed by atoms with Crippen LogP contribution in [0.15, 0.2) is 61.2 Å². The third-order valence-electron chi connectivity index (χ3n) is 3.51. The lowest BCUT2D eigenvalue weighted by Gasteiger charge is -2.12. The maximum Gasteiger partial charge on any atom is 0.388 e. The van der Waals surface area contributed by atoms with Crippen molar-refractivity contribution in [1.82, 2.24) is 4.98 Å². The van der Waals surface area contributed by atoms with Crippen molar-refractivity contribution in [2.75, 3.05) is 5.73 Å². The molecular formula is C17H13N3O2. The Bertz CT molecular complexity index is 889. The molecule has 1 aromatic heterocycles. The highest BCUT2D eigenvalue weighted by Crippen LogP contribution is 2.36. The summed E-state index contributed by atoms with van der Waals surface area (Å²) < 4.78 is 0. The molecule has 2 aromatic carbocycles. The Morgan fingerprint density at radius 3 is 2.41 bits per heavy atom. The first-order valence-corrected chi connectivity index (χ1v) is 6.67. The van der Waals surface area contributed by atoms with Crippen LogP contribution >= 0.6 is 0 Å². The van der Waals surface area contributed by atoms with Crippen molar-refractivity contribution in [2.24, 2.45) is 0 Å². The number of anilines is 1. The lowest BCUT2D eigenvalue weighted by Crippen LogP contribution is -2.04. The van der Waals surface area contributed by atoms with Crippen molar-refractivity contribution in [1.29, 1.82) is 0 Å². The van der Waals surface area contributed by atoms with Gasteiger partial charge >= 0.3 is 5.82 Å². The monoisotopic (exact) mass is 291 g/mol. The first-order valence-electron chi connectivity index (χ1n) is 6.67. The van der Waals surface area contributed by atoms with E-state index in [0.717, 1.165) is 10.9 Å². The van der Waals surface area contributed by atoms with Gasteiger partial charge in [0.2, 0.25) is 0 Å². The minimum absolute atomic E-state index is 0.0394. The number of nitrogen functional groups attached to an aromatic ring is 1. The molecule has 0 bridgehead atoms. The molecule has 0 aliphatic heterocycles. The van der Waals surface area contributed by atoms with Crippen LogP contribution in [0.2, 0.25) is 0 Å². The molecule has 5 heteroatoms. The van der Waals surface area contributed by atoms with Gasteiger partial charge in [-0.3, -0.25) is 0 Å². The topological polar surface area (TPSA) is 82.0 Å². The van der Waals surface area contributed by atoms with Crippen LogP contribution in [0.5, 0.6) is 0 Å². The number of fused-ring (bicyclic) bond motifs is 1. The van der Waals surface area contributed by atoms with Crippen LogP contribution in [0.4, 0.5) is 11.5 Å². The first kappa shape index (κ1) is 13.8. The Kier molecular flexibility index (Phi) is 3.31. The van der Waals surface area contributed by atoms with E-state index in [9.17, 15) is 10.1 Å². The number of hydrogen-bond acceptors (Lipinski definition) is 4. The molecule has 0 amide bonds. The van der Waals surface area contributed by atoms with Crippen LogP contribution in [-0.2, 0) is 0 Å². The quantitative estimate of drug-likeness (QED) is 0.588. The summed E-state index contributed by atoms with van der Waals surface area (Å²) >= 11 is 0. The van der Waals surface area contributed by atoms with E-state index in [1.807, 2.05) is 42.5 Å². The lowest BCUT2D eigenvalue weighted by atomic mass is 9.95. The molecule has 5 nitrogen and oxygen atoms in total. The Morgan fingerprint density at radius 2 is 1.73 bits per heavy atom. The van der Waals surface area contributed by atoms with Gasteiger partial charge in [0.15, 0.2) is 5.52 Å². The number of aromatic nitrogens is 1. The van der Waals surface area contributed by atoms with E-state index >= 15 is 0 Å². The van der Waals surface area contributed by atoms with E-state index in [4.69, 9.17) is 5.73 Å². The SMILES string of the molecule is C=C(c1ccccc1)c1c(N)c([N+](=O)[O-])nc2ccccc12. The number of nitrogens with zero attached hydrogens (tertiary/aromatic N) is 2. The number of benzene rings is 2. The largest absolute Gasteiger partial charge is 0.391 e. The molecule has 0 fully saturated rings. The molecule has 22 heavy (non-hydrogen) atoms. The molecule has 0 aliphatic carbocycles. The molecule has 0 radical (unpaired) electrons. The first-order chi connectivity index (χ1) is 10.6. The second-order valence-electron chi connectivity index (χ2n) is 4.84. The fraction of sp³-hybridized carbons (Fsp3) is 0. The van der Waals surface area contributed by atoms with Gasteiger partial charge in [0.25, 0.3) is 0 Å². The van der Waals surface area contributed by atoms with Crippen molar-refractivity contribution >= 4 is 28.0 Å². The van der Waals surface area contributed by atoms with E-state index in [0.29, 0.717) is 16.7 Å². The summed E-state index contributed by atoms with van der Waals surface area (Å²) in [6, 6.07) is 16.6. The molecule has 0 aliphatic rings. The van der Waals surface area contributed by atoms with Crippen molar-refractivity contribution in [3.63, 3.8) is 0 Å². The number of nitro groups is 1. The molecule has 0 saturated heterocycles. The highest BCUT2D eigenvalue weighted by molar-refractivity contribution is 6.02. The summed E-state index contributed by atoms with van der Waals surface area (Å²) in [6.45, 7) is 4.08. The molecule has 0 saturated carbocycles. The van der Waals surface area contributed by atoms with Gasteiger partial charge in [-0.15, -0.1) is 0 Å². The van der Waals surface area contributed by atoms with Gasteiger partial charge in [0.1, 0.15) is 5.69 Å². The summed E-state index contributed by atoms with van der Waals surface area (Å²) in [6.07, 6.45) is 0. The summed E-state index contributed by atoms with van der Waals surface area (Å²) in [7, 11) is 0. The van der Waals surface area contributed by atoms with Crippen LogP contribution in [0.3, 0.4) is 0 Å². The zero-order valence-electron chi connectivity index (χ0n) is 11.7. The Morgan fingerprint density at radius 1 is 1.09 bits per heavy atom. The van der Waals surface area contributed by atoms with Crippen LogP contribution in [-0.4, -0.2) is 9.91 Å². The fourth-order valence-electron chi connectivity index (χ4n) is 2.46. The Balaban J connectivity index is 2.34. The van der Waals surface area contributed by atoms with E-state index < -0.39 is 4.92 Å². The van der Waals surface area contributed by atoms with Gasteiger partial charge in [-0.25, -0.2) is 0 Å². The predicted octanol–water partition coefficient (Wildman–Crippen LogP) is 3.79. The molecule has 0 spiro atoms. The minimum atomic E-state index is -0.566. The minimum Gasteiger partial charge on any atom is -0.391 e. The second kappa shape index (κ2) is 5.29. The molecular weight excluding hydrogens is 278 g/mol. The van der Waals surface area contributed by atoms with Gasteiger partial charge in [-0.2, -0.15) is 0 Å². The summed E-state index contributed by atoms with van der Waals surface area (Å²) in [5.74, 6) is -0.342. The zero-order valence-corrected chi connectivity index (χ0v) is 11.7. The zero-order chi connectivity index (χ0) is 15.7. The van der Waals surface area contributed by atoms with Crippen LogP contribution in [0.1, 0.15) is 11.1 Å². The van der Waals surface area contributed by atoms with E-state index in [2.05, 4.69) is 11.6 Å². The fourth-order valence-corrected chi connectivity index (χ4v) is 2.46. The lowest BCUT2D eigenvalue weighted by molar-refractivity contribution is -0.388. The second-order valence-corrected chi connectivity index (χ2v) is 4.84. The highest BCUT2D eigenvalue weighted by Gasteiger charge is 2.23. The van der Waals surface area contributed by atoms with E-state index in [1.54, 1.807) is 12.1 Å². The van der Waals surface area contributed by atoms with E-state index in [1.165, 1.54) is 0 Å². The summed E-state index contributed by atoms with van der Waals surface area (Å²) in [4.78, 5) is 14.7. The van der Waals surface area contributed by atoms with Gasteiger partial charge in [-0.1, -0.05) is 49.0 Å². The Labute approximate surface area is 126 Å². The third kappa shape index (κ3) is 2.18. The smallest absolute Gasteiger partial charge is 0.388 e. The number of hydrogen-bond donors (Lipinski definition) is 1. The number of nitrogens with two attached hydrogens (primary N) is 1. The Hall–Kier alpha value is -3.21. The highest BCUT2D eigenvalue weighted by atomic mass is 16.6. The van der Waals surface area contributed by atoms with Crippen molar-refractivity contribution in [3.05, 3.63) is 82.4 Å². The third-order valence-corrected chi connectivity index (χ3v) is 3.51. The van der Waals surface area contributed by atoms with Crippen LogP contribution in [0, 0.1) is 10.1 Å². The average molecular weight is 291 g/mol. The van der Waals surface area contributed by atoms with Crippen LogP contribution < -0.4 is 5.73 Å². The number of pyridine rings is 1. The predicted molar refractivity (Wildman–Crippen MR) is 87.4 cm³/mol. The summed E-state index contributed by atoms with van der Waals surface area (Å²) in [5.41, 5.74) is 8.65. The molecule has 108 valence electrons. The normalized spacial score (nSPS) is 10.5. The van der Waals surface area contributed by atoms with Gasteiger partial charge in [0, 0.05) is 10.9 Å². The van der Waals surface area contributed by atoms with Gasteiger partial charge in [0.05, 0.1) is 0 Å². The van der Waals surface area contributed by atoms with Crippen molar-refractivity contribution < 1.29 is 4.92 Å². The standard InChI is InChI=1S/C17H13N3O2/c1-11(12-7-3-2-4-8-12)15-13-9-5-6-10-14(13)19-17(16(15)18)20(21)22/h2-10H,1,18H2. The molecule has 3 rings (SSSR count). The van der Waals surface area contributed by atoms with Crippen molar-refractivity contribution in [3.8, 4) is 0 Å². The molecule has 3 aromatic rings. The van der Waals surface area contributed by atoms with Gasteiger partial charge < -0.3 is 15.8 Å². The summed E-state index contributed by atoms with van der Waals surface area (Å²) in [5, 5.41) is 12.0. The molecule has 0 unspecified atom stereocenters. The molecule has 2 N–H and O–H groups in total. The van der Waals surface area contributed by atoms with Crippen LogP contribution in [0.25, 0.3) is 16.5 Å². The number of para-hydroxylation sites is 1. The van der Waals surface area contributed by atoms with Gasteiger partial charge in [-0.05, 0) is 33.2 Å². The maximum absolute atomic E-state index is 11.2.